The molecule has 4 rings (SSSR count). The van der Waals surface area contributed by atoms with Crippen LogP contribution in [0, 0.1) is 4.84 Å². The number of nitrogens with zero attached hydrogens (tertiary/aromatic N) is 3. The Hall–Kier alpha value is -2.44. The Morgan fingerprint density at radius 3 is 2.65 bits per heavy atom. The van der Waals surface area contributed by atoms with Gasteiger partial charge in [0.25, 0.3) is 4.84 Å². The van der Waals surface area contributed by atoms with E-state index in [9.17, 15) is 0 Å². The smallest absolute Gasteiger partial charge is 0.288 e. The number of ether oxygens (including phenoxy) is 1. The van der Waals surface area contributed by atoms with E-state index in [1.165, 1.54) is 11.1 Å². The Morgan fingerprint density at radius 1 is 1.12 bits per heavy atom. The molecule has 0 spiro atoms. The fourth-order valence-corrected chi connectivity index (χ4v) is 3.49. The maximum Gasteiger partial charge on any atom is 0.288 e. The van der Waals surface area contributed by atoms with E-state index in [1.807, 2.05) is 24.3 Å². The summed E-state index contributed by atoms with van der Waals surface area (Å²) in [4.78, 5) is 2.77. The zero-order valence-electron chi connectivity index (χ0n) is 14.7. The quantitative estimate of drug-likeness (QED) is 0.642. The summed E-state index contributed by atoms with van der Waals surface area (Å²) in [5.74, 6) is 1.48. The average Bonchev–Trinajstić information content (AvgIpc) is 3.01. The molecule has 5 nitrogen and oxygen atoms in total. The van der Waals surface area contributed by atoms with Gasteiger partial charge in [0.1, 0.15) is 5.75 Å². The van der Waals surface area contributed by atoms with E-state index in [0.717, 1.165) is 30.8 Å². The van der Waals surface area contributed by atoms with Crippen LogP contribution in [0.5, 0.6) is 5.75 Å². The lowest BCUT2D eigenvalue weighted by Gasteiger charge is -2.28. The summed E-state index contributed by atoms with van der Waals surface area (Å²) < 4.78 is 12.7. The minimum atomic E-state index is 0.423. The second-order valence-electron chi connectivity index (χ2n) is 6.50. The maximum atomic E-state index is 5.69. The third-order valence-corrected chi connectivity index (χ3v) is 5.00. The van der Waals surface area contributed by atoms with Crippen molar-refractivity contribution in [1.29, 1.82) is 0 Å². The highest BCUT2D eigenvalue weighted by atomic mass is 32.1. The zero-order valence-corrected chi connectivity index (χ0v) is 15.5. The standard InChI is InChI=1S/C20H21N3O2S/c1-24-18-8-6-15(7-9-18)12-19-21-23(20(26)25-19)14-22-11-10-16-4-2-3-5-17(16)13-22/h2-9H,10-14H2,1H3. The molecule has 134 valence electrons. The molecule has 2 heterocycles. The van der Waals surface area contributed by atoms with Crippen molar-refractivity contribution >= 4 is 12.2 Å². The van der Waals surface area contributed by atoms with Gasteiger partial charge in [-0.05, 0) is 47.5 Å². The zero-order chi connectivity index (χ0) is 17.9. The molecular formula is C20H21N3O2S. The van der Waals surface area contributed by atoms with Gasteiger partial charge in [-0.15, -0.1) is 5.10 Å². The van der Waals surface area contributed by atoms with Crippen molar-refractivity contribution in [2.24, 2.45) is 0 Å². The first kappa shape index (κ1) is 17.0. The minimum Gasteiger partial charge on any atom is -0.497 e. The Labute approximate surface area is 157 Å². The van der Waals surface area contributed by atoms with Gasteiger partial charge in [0.05, 0.1) is 20.2 Å². The Bertz CT molecular complexity index is 946. The lowest BCUT2D eigenvalue weighted by Crippen LogP contribution is -2.32. The molecule has 26 heavy (non-hydrogen) atoms. The van der Waals surface area contributed by atoms with Crippen LogP contribution in [-0.4, -0.2) is 28.3 Å². The van der Waals surface area contributed by atoms with Gasteiger partial charge in [0, 0.05) is 13.1 Å². The third-order valence-electron chi connectivity index (χ3n) is 4.71. The van der Waals surface area contributed by atoms with Gasteiger partial charge in [0.2, 0.25) is 5.89 Å². The topological polar surface area (TPSA) is 43.4 Å². The summed E-state index contributed by atoms with van der Waals surface area (Å²) in [6, 6.07) is 16.5. The molecule has 1 aliphatic heterocycles. The molecule has 0 radical (unpaired) electrons. The molecular weight excluding hydrogens is 346 g/mol. The van der Waals surface area contributed by atoms with E-state index in [0.29, 0.717) is 23.8 Å². The first-order valence-corrected chi connectivity index (χ1v) is 9.11. The molecule has 0 amide bonds. The first-order valence-electron chi connectivity index (χ1n) is 8.70. The van der Waals surface area contributed by atoms with Crippen LogP contribution < -0.4 is 4.74 Å². The maximum absolute atomic E-state index is 5.69. The van der Waals surface area contributed by atoms with Crippen molar-refractivity contribution < 1.29 is 9.15 Å². The van der Waals surface area contributed by atoms with Gasteiger partial charge < -0.3 is 9.15 Å². The molecule has 0 aliphatic carbocycles. The van der Waals surface area contributed by atoms with Gasteiger partial charge in [0.15, 0.2) is 0 Å². The fourth-order valence-electron chi connectivity index (χ4n) is 3.29. The predicted molar refractivity (Wildman–Crippen MR) is 102 cm³/mol. The molecule has 1 aromatic heterocycles. The van der Waals surface area contributed by atoms with Gasteiger partial charge >= 0.3 is 0 Å². The molecule has 0 atom stereocenters. The Morgan fingerprint density at radius 2 is 1.88 bits per heavy atom. The largest absolute Gasteiger partial charge is 0.497 e. The van der Waals surface area contributed by atoms with Crippen LogP contribution in [0.25, 0.3) is 0 Å². The van der Waals surface area contributed by atoms with Crippen LogP contribution in [0.2, 0.25) is 0 Å². The molecule has 0 fully saturated rings. The SMILES string of the molecule is COc1ccc(Cc2nn(CN3CCc4ccccc4C3)c(=S)o2)cc1. The summed E-state index contributed by atoms with van der Waals surface area (Å²) in [6.07, 6.45) is 1.67. The van der Waals surface area contributed by atoms with Crippen LogP contribution >= 0.6 is 12.2 Å². The predicted octanol–water partition coefficient (Wildman–Crippen LogP) is 3.82. The average molecular weight is 367 g/mol. The Balaban J connectivity index is 1.44. The second kappa shape index (κ2) is 7.43. The fraction of sp³-hybridized carbons (Fsp3) is 0.300. The summed E-state index contributed by atoms with van der Waals surface area (Å²) in [5.41, 5.74) is 3.93. The minimum absolute atomic E-state index is 0.423. The number of hydrogen-bond donors (Lipinski definition) is 0. The van der Waals surface area contributed by atoms with E-state index in [1.54, 1.807) is 11.8 Å². The van der Waals surface area contributed by atoms with Crippen molar-refractivity contribution in [3.05, 3.63) is 75.9 Å². The number of aromatic nitrogens is 2. The van der Waals surface area contributed by atoms with E-state index in [2.05, 4.69) is 34.3 Å². The van der Waals surface area contributed by atoms with Crippen molar-refractivity contribution in [2.45, 2.75) is 26.1 Å². The number of hydrogen-bond acceptors (Lipinski definition) is 5. The van der Waals surface area contributed by atoms with Crippen LogP contribution in [0.1, 0.15) is 22.6 Å². The van der Waals surface area contributed by atoms with E-state index in [4.69, 9.17) is 21.4 Å². The van der Waals surface area contributed by atoms with Crippen LogP contribution in [0.15, 0.2) is 52.9 Å². The first-order chi connectivity index (χ1) is 12.7. The van der Waals surface area contributed by atoms with Gasteiger partial charge in [-0.1, -0.05) is 36.4 Å². The van der Waals surface area contributed by atoms with Crippen molar-refractivity contribution in [2.75, 3.05) is 13.7 Å². The van der Waals surface area contributed by atoms with E-state index >= 15 is 0 Å². The summed E-state index contributed by atoms with van der Waals surface area (Å²) in [6.45, 7) is 2.57. The molecule has 0 saturated carbocycles. The molecule has 0 bridgehead atoms. The van der Waals surface area contributed by atoms with Crippen LogP contribution in [0.3, 0.4) is 0 Å². The third kappa shape index (κ3) is 3.71. The number of fused-ring (bicyclic) bond motifs is 1. The number of benzene rings is 2. The van der Waals surface area contributed by atoms with E-state index in [-0.39, 0.29) is 0 Å². The highest BCUT2D eigenvalue weighted by Crippen LogP contribution is 2.19. The van der Waals surface area contributed by atoms with Crippen molar-refractivity contribution in [3.63, 3.8) is 0 Å². The van der Waals surface area contributed by atoms with Gasteiger partial charge in [-0.2, -0.15) is 0 Å². The van der Waals surface area contributed by atoms with Gasteiger partial charge in [-0.3, -0.25) is 4.90 Å². The van der Waals surface area contributed by atoms with Crippen LogP contribution in [0.4, 0.5) is 0 Å². The lowest BCUT2D eigenvalue weighted by molar-refractivity contribution is 0.186. The molecule has 1 aliphatic rings. The van der Waals surface area contributed by atoms with E-state index < -0.39 is 0 Å². The summed E-state index contributed by atoms with van der Waals surface area (Å²) in [7, 11) is 1.66. The Kier molecular flexibility index (Phi) is 4.86. The molecule has 0 N–H and O–H groups in total. The molecule has 2 aromatic carbocycles. The van der Waals surface area contributed by atoms with Crippen molar-refractivity contribution in [1.82, 2.24) is 14.7 Å². The summed E-state index contributed by atoms with van der Waals surface area (Å²) >= 11 is 5.36. The van der Waals surface area contributed by atoms with Crippen LogP contribution in [-0.2, 0) is 26.1 Å². The highest BCUT2D eigenvalue weighted by Gasteiger charge is 2.17. The normalized spacial score (nSPS) is 14.2. The number of rotatable bonds is 5. The number of methoxy groups -OCH3 is 1. The lowest BCUT2D eigenvalue weighted by atomic mass is 10.0. The molecule has 6 heteroatoms. The molecule has 0 unspecified atom stereocenters. The van der Waals surface area contributed by atoms with Gasteiger partial charge in [-0.25, -0.2) is 4.68 Å². The van der Waals surface area contributed by atoms with Crippen molar-refractivity contribution in [3.8, 4) is 5.75 Å². The molecule has 3 aromatic rings. The highest BCUT2D eigenvalue weighted by molar-refractivity contribution is 7.71. The second-order valence-corrected chi connectivity index (χ2v) is 6.85. The molecule has 0 saturated heterocycles. The summed E-state index contributed by atoms with van der Waals surface area (Å²) in [5, 5.41) is 4.57. The monoisotopic (exact) mass is 367 g/mol.